The lowest BCUT2D eigenvalue weighted by Crippen LogP contribution is -2.49. The molecule has 0 aliphatic carbocycles. The van der Waals surface area contributed by atoms with Gasteiger partial charge in [-0.3, -0.25) is 9.88 Å². The fourth-order valence-corrected chi connectivity index (χ4v) is 6.43. The molecule has 1 aromatic heterocycles. The molecule has 1 N–H and O–H groups in total. The molecule has 8 nitrogen and oxygen atoms in total. The van der Waals surface area contributed by atoms with Crippen LogP contribution in [0, 0.1) is 5.92 Å². The van der Waals surface area contributed by atoms with Gasteiger partial charge < -0.3 is 14.6 Å². The fourth-order valence-electron chi connectivity index (χ4n) is 4.60. The van der Waals surface area contributed by atoms with Gasteiger partial charge in [-0.2, -0.15) is 4.31 Å². The van der Waals surface area contributed by atoms with Crippen molar-refractivity contribution in [1.82, 2.24) is 14.2 Å². The maximum absolute atomic E-state index is 13.7. The number of methoxy groups -OCH3 is 1. The quantitative estimate of drug-likeness (QED) is 0.480. The predicted octanol–water partition coefficient (Wildman–Crippen LogP) is 3.66. The van der Waals surface area contributed by atoms with E-state index in [-0.39, 0.29) is 30.1 Å². The van der Waals surface area contributed by atoms with E-state index in [2.05, 4.69) is 9.88 Å². The molecule has 0 fully saturated rings. The van der Waals surface area contributed by atoms with E-state index in [9.17, 15) is 13.5 Å². The van der Waals surface area contributed by atoms with Crippen molar-refractivity contribution >= 4 is 10.0 Å². The van der Waals surface area contributed by atoms with Gasteiger partial charge in [-0.05, 0) is 61.0 Å². The summed E-state index contributed by atoms with van der Waals surface area (Å²) in [7, 11) is -0.272. The van der Waals surface area contributed by atoms with Gasteiger partial charge in [0.05, 0.1) is 13.7 Å². The van der Waals surface area contributed by atoms with Gasteiger partial charge in [0, 0.05) is 44.0 Å². The van der Waals surface area contributed by atoms with Crippen molar-refractivity contribution in [2.75, 3.05) is 33.9 Å². The molecule has 0 spiro atoms. The third-order valence-electron chi connectivity index (χ3n) is 6.74. The SMILES string of the molecule is COc1cccc(-c2ccc3c(c2)O[C@H](CN(C)Cc2cccnc2)[C@@H](C)CN([C@H](C)CO)S3(=O)=O)c1. The average Bonchev–Trinajstić information content (AvgIpc) is 2.90. The third kappa shape index (κ3) is 6.13. The summed E-state index contributed by atoms with van der Waals surface area (Å²) in [5.41, 5.74) is 2.80. The monoisotopic (exact) mass is 525 g/mol. The molecular formula is C28H35N3O5S. The molecule has 2 heterocycles. The zero-order valence-electron chi connectivity index (χ0n) is 21.7. The average molecular weight is 526 g/mol. The van der Waals surface area contributed by atoms with Crippen LogP contribution in [-0.4, -0.2) is 73.7 Å². The Kier molecular flexibility index (Phi) is 8.49. The maximum atomic E-state index is 13.7. The van der Waals surface area contributed by atoms with Crippen LogP contribution in [-0.2, 0) is 16.6 Å². The van der Waals surface area contributed by atoms with Gasteiger partial charge in [0.15, 0.2) is 0 Å². The van der Waals surface area contributed by atoms with Crippen LogP contribution >= 0.6 is 0 Å². The zero-order valence-corrected chi connectivity index (χ0v) is 22.6. The normalized spacial score (nSPS) is 20.4. The van der Waals surface area contributed by atoms with E-state index in [4.69, 9.17) is 9.47 Å². The van der Waals surface area contributed by atoms with Crippen molar-refractivity contribution in [2.45, 2.75) is 37.4 Å². The molecule has 3 atom stereocenters. The molecule has 9 heteroatoms. The molecule has 37 heavy (non-hydrogen) atoms. The minimum Gasteiger partial charge on any atom is -0.497 e. The van der Waals surface area contributed by atoms with Gasteiger partial charge in [0.25, 0.3) is 0 Å². The number of benzene rings is 2. The summed E-state index contributed by atoms with van der Waals surface area (Å²) < 4.78 is 40.8. The molecule has 3 aromatic rings. The second-order valence-corrected chi connectivity index (χ2v) is 11.6. The molecule has 0 saturated carbocycles. The number of hydrogen-bond donors (Lipinski definition) is 1. The zero-order chi connectivity index (χ0) is 26.6. The van der Waals surface area contributed by atoms with Crippen molar-refractivity contribution in [1.29, 1.82) is 0 Å². The molecule has 4 rings (SSSR count). The third-order valence-corrected chi connectivity index (χ3v) is 8.76. The lowest BCUT2D eigenvalue weighted by Gasteiger charge is -2.37. The summed E-state index contributed by atoms with van der Waals surface area (Å²) >= 11 is 0. The lowest BCUT2D eigenvalue weighted by molar-refractivity contribution is 0.0734. The number of pyridine rings is 1. The first kappa shape index (κ1) is 27.1. The number of hydrogen-bond acceptors (Lipinski definition) is 7. The number of nitrogens with zero attached hydrogens (tertiary/aromatic N) is 3. The Morgan fingerprint density at radius 1 is 1.19 bits per heavy atom. The highest BCUT2D eigenvalue weighted by molar-refractivity contribution is 7.89. The highest BCUT2D eigenvalue weighted by atomic mass is 32.2. The van der Waals surface area contributed by atoms with Crippen LogP contribution in [0.3, 0.4) is 0 Å². The van der Waals surface area contributed by atoms with E-state index >= 15 is 0 Å². The van der Waals surface area contributed by atoms with Gasteiger partial charge in [0.2, 0.25) is 10.0 Å². The first-order valence-corrected chi connectivity index (χ1v) is 13.8. The number of aromatic nitrogens is 1. The smallest absolute Gasteiger partial charge is 0.247 e. The fraction of sp³-hybridized carbons (Fsp3) is 0.393. The first-order chi connectivity index (χ1) is 17.7. The van der Waals surface area contributed by atoms with E-state index in [1.165, 1.54) is 4.31 Å². The predicted molar refractivity (Wildman–Crippen MR) is 143 cm³/mol. The van der Waals surface area contributed by atoms with E-state index in [1.54, 1.807) is 38.4 Å². The van der Waals surface area contributed by atoms with Crippen LogP contribution in [0.25, 0.3) is 11.1 Å². The minimum atomic E-state index is -3.90. The van der Waals surface area contributed by atoms with Crippen LogP contribution < -0.4 is 9.47 Å². The van der Waals surface area contributed by atoms with Crippen molar-refractivity contribution in [3.63, 3.8) is 0 Å². The van der Waals surface area contributed by atoms with Crippen molar-refractivity contribution in [3.8, 4) is 22.6 Å². The lowest BCUT2D eigenvalue weighted by atomic mass is 10.0. The summed E-state index contributed by atoms with van der Waals surface area (Å²) in [4.78, 5) is 6.45. The molecule has 0 radical (unpaired) electrons. The molecule has 0 saturated heterocycles. The second kappa shape index (κ2) is 11.6. The maximum Gasteiger partial charge on any atom is 0.247 e. The van der Waals surface area contributed by atoms with Gasteiger partial charge in [0.1, 0.15) is 22.5 Å². The Morgan fingerprint density at radius 3 is 2.68 bits per heavy atom. The van der Waals surface area contributed by atoms with E-state index in [0.717, 1.165) is 16.7 Å². The summed E-state index contributed by atoms with van der Waals surface area (Å²) in [5, 5.41) is 9.87. The molecular weight excluding hydrogens is 490 g/mol. The Labute approximate surface area is 219 Å². The summed E-state index contributed by atoms with van der Waals surface area (Å²) in [6.07, 6.45) is 3.30. The minimum absolute atomic E-state index is 0.103. The van der Waals surface area contributed by atoms with Gasteiger partial charge in [-0.1, -0.05) is 31.2 Å². The highest BCUT2D eigenvalue weighted by Crippen LogP contribution is 2.37. The number of rotatable bonds is 8. The standard InChI is InChI=1S/C28H35N3O5S/c1-20-16-31(21(2)19-32)37(33,34)28-11-10-24(23-8-5-9-25(13-23)35-4)14-26(28)36-27(20)18-30(3)17-22-7-6-12-29-15-22/h5-15,20-21,27,32H,16-19H2,1-4H3/t20-,21+,27+/m0/s1. The number of sulfonamides is 1. The Bertz CT molecular complexity index is 1300. The number of aliphatic hydroxyl groups is 1. The van der Waals surface area contributed by atoms with Crippen molar-refractivity contribution in [3.05, 3.63) is 72.6 Å². The van der Waals surface area contributed by atoms with E-state index in [0.29, 0.717) is 24.6 Å². The molecule has 0 amide bonds. The molecule has 2 aromatic carbocycles. The first-order valence-electron chi connectivity index (χ1n) is 12.4. The Hall–Kier alpha value is -2.98. The van der Waals surface area contributed by atoms with Crippen LogP contribution in [0.15, 0.2) is 71.9 Å². The summed E-state index contributed by atoms with van der Waals surface area (Å²) in [6.45, 7) is 4.96. The molecule has 1 aliphatic rings. The van der Waals surface area contributed by atoms with Gasteiger partial charge in [-0.25, -0.2) is 8.42 Å². The van der Waals surface area contributed by atoms with Crippen LogP contribution in [0.5, 0.6) is 11.5 Å². The number of ether oxygens (including phenoxy) is 2. The Balaban J connectivity index is 1.73. The molecule has 198 valence electrons. The Morgan fingerprint density at radius 2 is 1.97 bits per heavy atom. The topological polar surface area (TPSA) is 92.2 Å². The molecule has 0 unspecified atom stereocenters. The summed E-state index contributed by atoms with van der Waals surface area (Å²) in [5.74, 6) is 0.889. The second-order valence-electron chi connectivity index (χ2n) is 9.69. The van der Waals surface area contributed by atoms with Crippen LogP contribution in [0.4, 0.5) is 0 Å². The van der Waals surface area contributed by atoms with Crippen LogP contribution in [0.1, 0.15) is 19.4 Å². The number of fused-ring (bicyclic) bond motifs is 1. The van der Waals surface area contributed by atoms with Gasteiger partial charge in [-0.15, -0.1) is 0 Å². The number of aliphatic hydroxyl groups excluding tert-OH is 1. The van der Waals surface area contributed by atoms with Crippen molar-refractivity contribution in [2.24, 2.45) is 5.92 Å². The molecule has 1 aliphatic heterocycles. The van der Waals surface area contributed by atoms with Crippen molar-refractivity contribution < 1.29 is 23.0 Å². The van der Waals surface area contributed by atoms with E-state index < -0.39 is 16.1 Å². The summed E-state index contributed by atoms with van der Waals surface area (Å²) in [6, 6.07) is 16.2. The highest BCUT2D eigenvalue weighted by Gasteiger charge is 2.38. The van der Waals surface area contributed by atoms with E-state index in [1.807, 2.05) is 56.6 Å². The van der Waals surface area contributed by atoms with Crippen LogP contribution in [0.2, 0.25) is 0 Å². The largest absolute Gasteiger partial charge is 0.497 e. The number of likely N-dealkylation sites (N-methyl/N-ethyl adjacent to an activating group) is 1. The molecule has 0 bridgehead atoms. The van der Waals surface area contributed by atoms with Gasteiger partial charge >= 0.3 is 0 Å².